The molecule has 0 bridgehead atoms. The maximum absolute atomic E-state index is 9.84. The van der Waals surface area contributed by atoms with Crippen molar-refractivity contribution in [1.29, 1.82) is 0 Å². The van der Waals surface area contributed by atoms with Crippen LogP contribution in [0.5, 0.6) is 0 Å². The van der Waals surface area contributed by atoms with Crippen LogP contribution >= 0.6 is 0 Å². The van der Waals surface area contributed by atoms with Crippen LogP contribution in [0.4, 0.5) is 0 Å². The number of rotatable bonds is 15. The van der Waals surface area contributed by atoms with Crippen LogP contribution < -0.4 is 0 Å². The first-order chi connectivity index (χ1) is 10.0. The van der Waals surface area contributed by atoms with Gasteiger partial charge in [0.15, 0.2) is 0 Å². The molecular weight excluding hydrogens is 262 g/mol. The second-order valence-electron chi connectivity index (χ2n) is 6.49. The summed E-state index contributed by atoms with van der Waals surface area (Å²) in [7, 11) is 0. The van der Waals surface area contributed by atoms with Crippen molar-refractivity contribution < 1.29 is 10.2 Å². The zero-order valence-corrected chi connectivity index (χ0v) is 14.7. The number of nitrogens with zero attached hydrogens (tertiary/aromatic N) is 1. The molecule has 2 N–H and O–H groups in total. The lowest BCUT2D eigenvalue weighted by Gasteiger charge is -2.32. The van der Waals surface area contributed by atoms with Gasteiger partial charge in [-0.3, -0.25) is 4.90 Å². The molecule has 128 valence electrons. The average molecular weight is 302 g/mol. The first-order valence-electron chi connectivity index (χ1n) is 9.22. The molecule has 0 aliphatic heterocycles. The van der Waals surface area contributed by atoms with E-state index in [4.69, 9.17) is 0 Å². The summed E-state index contributed by atoms with van der Waals surface area (Å²) in [5.74, 6) is -1.66. The van der Waals surface area contributed by atoms with Crippen LogP contribution in [0.25, 0.3) is 0 Å². The van der Waals surface area contributed by atoms with E-state index in [1.54, 1.807) is 0 Å². The van der Waals surface area contributed by atoms with Crippen molar-refractivity contribution in [3.63, 3.8) is 0 Å². The summed E-state index contributed by atoms with van der Waals surface area (Å²) in [5.41, 5.74) is 0. The maximum atomic E-state index is 9.84. The zero-order valence-electron chi connectivity index (χ0n) is 14.7. The molecule has 0 saturated carbocycles. The van der Waals surface area contributed by atoms with Gasteiger partial charge < -0.3 is 10.2 Å². The lowest BCUT2D eigenvalue weighted by atomic mass is 10.1. The van der Waals surface area contributed by atoms with Gasteiger partial charge in [0.2, 0.25) is 5.91 Å². The maximum Gasteiger partial charge on any atom is 0.221 e. The lowest BCUT2D eigenvalue weighted by molar-refractivity contribution is -0.250. The van der Waals surface area contributed by atoms with Crippen molar-refractivity contribution in [2.24, 2.45) is 0 Å². The Kier molecular flexibility index (Phi) is 13.5. The van der Waals surface area contributed by atoms with Gasteiger partial charge in [-0.05, 0) is 12.8 Å². The van der Waals surface area contributed by atoms with E-state index in [9.17, 15) is 10.2 Å². The second kappa shape index (κ2) is 13.5. The third-order valence-electron chi connectivity index (χ3n) is 4.16. The Morgan fingerprint density at radius 3 is 1.29 bits per heavy atom. The van der Waals surface area contributed by atoms with Gasteiger partial charge in [-0.2, -0.15) is 0 Å². The van der Waals surface area contributed by atoms with Gasteiger partial charge in [-0.15, -0.1) is 0 Å². The van der Waals surface area contributed by atoms with Crippen molar-refractivity contribution in [3.8, 4) is 0 Å². The lowest BCUT2D eigenvalue weighted by Crippen LogP contribution is -2.47. The molecule has 0 aromatic rings. The van der Waals surface area contributed by atoms with Gasteiger partial charge in [0.1, 0.15) is 0 Å². The minimum absolute atomic E-state index is 0.796. The Bertz CT molecular complexity index is 198. The summed E-state index contributed by atoms with van der Waals surface area (Å²) in [5, 5.41) is 19.7. The fraction of sp³-hybridized carbons (Fsp3) is 1.00. The molecule has 3 heteroatoms. The zero-order chi connectivity index (χ0) is 16.0. The molecule has 0 heterocycles. The molecule has 0 radical (unpaired) electrons. The van der Waals surface area contributed by atoms with E-state index in [1.807, 2.05) is 4.90 Å². The molecule has 21 heavy (non-hydrogen) atoms. The van der Waals surface area contributed by atoms with E-state index >= 15 is 0 Å². The predicted octanol–water partition coefficient (Wildman–Crippen LogP) is 4.67. The van der Waals surface area contributed by atoms with E-state index in [2.05, 4.69) is 13.8 Å². The first-order valence-corrected chi connectivity index (χ1v) is 9.22. The Balaban J connectivity index is 3.74. The minimum atomic E-state index is -1.66. The van der Waals surface area contributed by atoms with Crippen LogP contribution in [-0.2, 0) is 0 Å². The van der Waals surface area contributed by atoms with Crippen molar-refractivity contribution in [2.75, 3.05) is 13.1 Å². The molecular formula is C18H39NO2. The van der Waals surface area contributed by atoms with Crippen LogP contribution in [0.15, 0.2) is 0 Å². The van der Waals surface area contributed by atoms with E-state index < -0.39 is 5.91 Å². The van der Waals surface area contributed by atoms with Crippen molar-refractivity contribution >= 4 is 0 Å². The highest BCUT2D eigenvalue weighted by Crippen LogP contribution is 2.14. The van der Waals surface area contributed by atoms with Crippen LogP contribution in [0, 0.1) is 0 Å². The average Bonchev–Trinajstić information content (AvgIpc) is 2.42. The highest BCUT2D eigenvalue weighted by atomic mass is 16.5. The molecule has 0 fully saturated rings. The Labute approximate surface area is 132 Å². The molecule has 0 amide bonds. The topological polar surface area (TPSA) is 43.7 Å². The number of hydrogen-bond donors (Lipinski definition) is 2. The van der Waals surface area contributed by atoms with E-state index in [0.29, 0.717) is 0 Å². The van der Waals surface area contributed by atoms with Gasteiger partial charge in [-0.25, -0.2) is 0 Å². The molecule has 0 aliphatic rings. The summed E-state index contributed by atoms with van der Waals surface area (Å²) < 4.78 is 0. The standard InChI is InChI=1S/C18H39NO2/c1-4-6-8-10-12-14-16-19(18(3,20)21)17-15-13-11-9-7-5-2/h20-21H,4-17H2,1-3H3. The molecule has 0 aromatic heterocycles. The van der Waals surface area contributed by atoms with Crippen LogP contribution in [0.3, 0.4) is 0 Å². The molecule has 0 spiro atoms. The largest absolute Gasteiger partial charge is 0.353 e. The van der Waals surface area contributed by atoms with Gasteiger partial charge in [0, 0.05) is 20.0 Å². The summed E-state index contributed by atoms with van der Waals surface area (Å²) in [6.07, 6.45) is 14.9. The van der Waals surface area contributed by atoms with Crippen LogP contribution in [0.1, 0.15) is 97.8 Å². The fourth-order valence-corrected chi connectivity index (χ4v) is 2.70. The van der Waals surface area contributed by atoms with Crippen molar-refractivity contribution in [3.05, 3.63) is 0 Å². The summed E-state index contributed by atoms with van der Waals surface area (Å²) in [4.78, 5) is 1.83. The third kappa shape index (κ3) is 13.3. The first kappa shape index (κ1) is 20.9. The monoisotopic (exact) mass is 301 g/mol. The molecule has 3 nitrogen and oxygen atoms in total. The molecule has 0 aliphatic carbocycles. The van der Waals surface area contributed by atoms with Gasteiger partial charge in [0.05, 0.1) is 0 Å². The Hall–Kier alpha value is -0.120. The highest BCUT2D eigenvalue weighted by Gasteiger charge is 2.24. The second-order valence-corrected chi connectivity index (χ2v) is 6.49. The van der Waals surface area contributed by atoms with Crippen molar-refractivity contribution in [2.45, 2.75) is 104 Å². The molecule has 0 atom stereocenters. The van der Waals surface area contributed by atoms with E-state index in [1.165, 1.54) is 71.1 Å². The molecule has 0 rings (SSSR count). The highest BCUT2D eigenvalue weighted by molar-refractivity contribution is 4.64. The third-order valence-corrected chi connectivity index (χ3v) is 4.16. The smallest absolute Gasteiger partial charge is 0.221 e. The van der Waals surface area contributed by atoms with Gasteiger partial charge in [-0.1, -0.05) is 78.1 Å². The SMILES string of the molecule is CCCCCCCCN(CCCCCCCC)C(C)(O)O. The van der Waals surface area contributed by atoms with Gasteiger partial charge in [0.25, 0.3) is 0 Å². The van der Waals surface area contributed by atoms with Crippen LogP contribution in [-0.4, -0.2) is 34.1 Å². The summed E-state index contributed by atoms with van der Waals surface area (Å²) in [6.45, 7) is 7.53. The quantitative estimate of drug-likeness (QED) is 0.341. The normalized spacial score (nSPS) is 12.3. The van der Waals surface area contributed by atoms with E-state index in [-0.39, 0.29) is 0 Å². The van der Waals surface area contributed by atoms with Gasteiger partial charge >= 0.3 is 0 Å². The minimum Gasteiger partial charge on any atom is -0.353 e. The molecule has 0 aromatic carbocycles. The molecule has 0 saturated heterocycles. The predicted molar refractivity (Wildman–Crippen MR) is 91.2 cm³/mol. The summed E-state index contributed by atoms with van der Waals surface area (Å²) >= 11 is 0. The van der Waals surface area contributed by atoms with E-state index in [0.717, 1.165) is 25.9 Å². The molecule has 0 unspecified atom stereocenters. The van der Waals surface area contributed by atoms with Crippen LogP contribution in [0.2, 0.25) is 0 Å². The fourth-order valence-electron chi connectivity index (χ4n) is 2.70. The number of unbranched alkanes of at least 4 members (excludes halogenated alkanes) is 10. The van der Waals surface area contributed by atoms with Crippen molar-refractivity contribution in [1.82, 2.24) is 4.90 Å². The summed E-state index contributed by atoms with van der Waals surface area (Å²) in [6, 6.07) is 0. The number of aliphatic hydroxyl groups is 2. The number of hydrogen-bond acceptors (Lipinski definition) is 3. The Morgan fingerprint density at radius 2 is 0.952 bits per heavy atom. The Morgan fingerprint density at radius 1 is 0.619 bits per heavy atom.